The lowest BCUT2D eigenvalue weighted by Gasteiger charge is -2.34. The van der Waals surface area contributed by atoms with Crippen LogP contribution in [0.4, 0.5) is 0 Å². The second kappa shape index (κ2) is 10.3. The number of ether oxygens (including phenoxy) is 1. The Bertz CT molecular complexity index is 667. The highest BCUT2D eigenvalue weighted by atomic mass is 16.5. The molecular weight excluding hydrogens is 354 g/mol. The molecular formula is C21H33N5O2. The standard InChI is InChI=1S/C21H33N5O2/c1-3-23-21(26-10-7-16(8-11-26)12-19(27)22-2)25-14-18-6-9-24-20(13-18)28-15-17-4-5-17/h6,9,13,16-17H,3-5,7-8,10-12,14-15H2,1-2H3,(H,22,27)(H,23,25). The molecule has 7 nitrogen and oxygen atoms in total. The molecule has 1 aliphatic carbocycles. The minimum Gasteiger partial charge on any atom is -0.477 e. The summed E-state index contributed by atoms with van der Waals surface area (Å²) in [7, 11) is 1.70. The summed E-state index contributed by atoms with van der Waals surface area (Å²) in [5.74, 6) is 2.95. The van der Waals surface area contributed by atoms with E-state index in [2.05, 4.69) is 27.4 Å². The fourth-order valence-corrected chi connectivity index (χ4v) is 3.42. The number of guanidine groups is 1. The third kappa shape index (κ3) is 6.39. The van der Waals surface area contributed by atoms with Gasteiger partial charge in [0.2, 0.25) is 11.8 Å². The number of rotatable bonds is 8. The van der Waals surface area contributed by atoms with Gasteiger partial charge in [0.15, 0.2) is 5.96 Å². The van der Waals surface area contributed by atoms with Gasteiger partial charge in [0.05, 0.1) is 13.2 Å². The predicted molar refractivity (Wildman–Crippen MR) is 110 cm³/mol. The fraction of sp³-hybridized carbons (Fsp3) is 0.667. The summed E-state index contributed by atoms with van der Waals surface area (Å²) in [5.41, 5.74) is 1.10. The summed E-state index contributed by atoms with van der Waals surface area (Å²) in [5, 5.41) is 6.13. The van der Waals surface area contributed by atoms with E-state index >= 15 is 0 Å². The van der Waals surface area contributed by atoms with Gasteiger partial charge in [-0.15, -0.1) is 0 Å². The number of likely N-dealkylation sites (tertiary alicyclic amines) is 1. The zero-order chi connectivity index (χ0) is 19.8. The summed E-state index contributed by atoms with van der Waals surface area (Å²) in [4.78, 5) is 23.0. The van der Waals surface area contributed by atoms with Crippen molar-refractivity contribution in [3.63, 3.8) is 0 Å². The molecule has 3 rings (SSSR count). The van der Waals surface area contributed by atoms with Gasteiger partial charge in [0.1, 0.15) is 0 Å². The number of carbonyl (C=O) groups excluding carboxylic acids is 1. The Morgan fingerprint density at radius 1 is 1.29 bits per heavy atom. The molecule has 1 saturated carbocycles. The van der Waals surface area contributed by atoms with Crippen molar-refractivity contribution in [2.75, 3.05) is 33.3 Å². The van der Waals surface area contributed by atoms with Crippen molar-refractivity contribution in [2.45, 2.75) is 45.6 Å². The molecule has 0 radical (unpaired) electrons. The van der Waals surface area contributed by atoms with Crippen LogP contribution in [0.2, 0.25) is 0 Å². The molecule has 1 saturated heterocycles. The Morgan fingerprint density at radius 3 is 2.75 bits per heavy atom. The van der Waals surface area contributed by atoms with E-state index in [0.717, 1.165) is 56.5 Å². The maximum Gasteiger partial charge on any atom is 0.220 e. The van der Waals surface area contributed by atoms with E-state index in [0.29, 0.717) is 24.8 Å². The minimum absolute atomic E-state index is 0.136. The number of aromatic nitrogens is 1. The molecule has 0 unspecified atom stereocenters. The van der Waals surface area contributed by atoms with Gasteiger partial charge >= 0.3 is 0 Å². The highest BCUT2D eigenvalue weighted by Gasteiger charge is 2.23. The summed E-state index contributed by atoms with van der Waals surface area (Å²) in [6.45, 7) is 6.16. The van der Waals surface area contributed by atoms with Crippen LogP contribution in [0.25, 0.3) is 0 Å². The Labute approximate surface area is 168 Å². The molecule has 2 heterocycles. The molecule has 0 spiro atoms. The lowest BCUT2D eigenvalue weighted by Crippen LogP contribution is -2.46. The quantitative estimate of drug-likeness (QED) is 0.528. The summed E-state index contributed by atoms with van der Waals surface area (Å²) >= 11 is 0. The third-order valence-corrected chi connectivity index (χ3v) is 5.38. The second-order valence-electron chi connectivity index (χ2n) is 7.73. The van der Waals surface area contributed by atoms with E-state index < -0.39 is 0 Å². The van der Waals surface area contributed by atoms with Gasteiger partial charge in [0, 0.05) is 45.4 Å². The monoisotopic (exact) mass is 387 g/mol. The number of aliphatic imine (C=N–C) groups is 1. The highest BCUT2D eigenvalue weighted by Crippen LogP contribution is 2.29. The lowest BCUT2D eigenvalue weighted by molar-refractivity contribution is -0.121. The van der Waals surface area contributed by atoms with Crippen molar-refractivity contribution in [1.82, 2.24) is 20.5 Å². The van der Waals surface area contributed by atoms with Crippen molar-refractivity contribution >= 4 is 11.9 Å². The predicted octanol–water partition coefficient (Wildman–Crippen LogP) is 2.18. The molecule has 7 heteroatoms. The molecule has 1 aliphatic heterocycles. The second-order valence-corrected chi connectivity index (χ2v) is 7.73. The number of carbonyl (C=O) groups is 1. The van der Waals surface area contributed by atoms with Gasteiger partial charge in [-0.3, -0.25) is 4.79 Å². The molecule has 0 atom stereocenters. The van der Waals surface area contributed by atoms with Crippen LogP contribution in [0, 0.1) is 11.8 Å². The van der Waals surface area contributed by atoms with Gasteiger partial charge in [-0.1, -0.05) is 0 Å². The van der Waals surface area contributed by atoms with Crippen molar-refractivity contribution in [1.29, 1.82) is 0 Å². The van der Waals surface area contributed by atoms with E-state index in [1.807, 2.05) is 12.1 Å². The van der Waals surface area contributed by atoms with Crippen LogP contribution in [0.15, 0.2) is 23.3 Å². The molecule has 2 aliphatic rings. The summed E-state index contributed by atoms with van der Waals surface area (Å²) in [6.07, 6.45) is 7.01. The van der Waals surface area contributed by atoms with E-state index in [1.54, 1.807) is 13.2 Å². The number of nitrogens with one attached hydrogen (secondary N) is 2. The first-order chi connectivity index (χ1) is 13.7. The Balaban J connectivity index is 1.54. The minimum atomic E-state index is 0.136. The van der Waals surface area contributed by atoms with E-state index in [-0.39, 0.29) is 5.91 Å². The first-order valence-electron chi connectivity index (χ1n) is 10.5. The zero-order valence-corrected chi connectivity index (χ0v) is 17.1. The van der Waals surface area contributed by atoms with E-state index in [1.165, 1.54) is 12.8 Å². The topological polar surface area (TPSA) is 78.9 Å². The molecule has 28 heavy (non-hydrogen) atoms. The van der Waals surface area contributed by atoms with E-state index in [4.69, 9.17) is 9.73 Å². The van der Waals surface area contributed by atoms with Gasteiger partial charge in [-0.05, 0) is 56.1 Å². The number of amides is 1. The Hall–Kier alpha value is -2.31. The number of hydrogen-bond donors (Lipinski definition) is 2. The van der Waals surface area contributed by atoms with Gasteiger partial charge in [0.25, 0.3) is 0 Å². The molecule has 0 bridgehead atoms. The Kier molecular flexibility index (Phi) is 7.51. The van der Waals surface area contributed by atoms with Crippen LogP contribution in [0.1, 0.15) is 44.6 Å². The first-order valence-corrected chi connectivity index (χ1v) is 10.5. The SMILES string of the molecule is CCNC(=NCc1ccnc(OCC2CC2)c1)N1CCC(CC(=O)NC)CC1. The molecule has 2 fully saturated rings. The van der Waals surface area contributed by atoms with Crippen LogP contribution in [0.5, 0.6) is 5.88 Å². The zero-order valence-electron chi connectivity index (χ0n) is 17.1. The molecule has 154 valence electrons. The fourth-order valence-electron chi connectivity index (χ4n) is 3.42. The Morgan fingerprint density at radius 2 is 2.07 bits per heavy atom. The van der Waals surface area contributed by atoms with Crippen molar-refractivity contribution in [3.05, 3.63) is 23.9 Å². The van der Waals surface area contributed by atoms with Crippen molar-refractivity contribution in [2.24, 2.45) is 16.8 Å². The van der Waals surface area contributed by atoms with E-state index in [9.17, 15) is 4.79 Å². The largest absolute Gasteiger partial charge is 0.477 e. The number of pyridine rings is 1. The van der Waals surface area contributed by atoms with Gasteiger partial charge in [-0.25, -0.2) is 9.98 Å². The molecule has 0 aromatic carbocycles. The molecule has 2 N–H and O–H groups in total. The average molecular weight is 388 g/mol. The molecule has 1 aromatic rings. The number of hydrogen-bond acceptors (Lipinski definition) is 4. The van der Waals surface area contributed by atoms with Gasteiger partial charge < -0.3 is 20.3 Å². The maximum atomic E-state index is 11.6. The van der Waals surface area contributed by atoms with Gasteiger partial charge in [-0.2, -0.15) is 0 Å². The maximum absolute atomic E-state index is 11.6. The normalized spacial score (nSPS) is 18.1. The third-order valence-electron chi connectivity index (χ3n) is 5.38. The molecule has 1 amide bonds. The van der Waals surface area contributed by atoms with Crippen LogP contribution in [0.3, 0.4) is 0 Å². The first kappa shape index (κ1) is 20.4. The smallest absolute Gasteiger partial charge is 0.220 e. The summed E-state index contributed by atoms with van der Waals surface area (Å²) < 4.78 is 5.78. The average Bonchev–Trinajstić information content (AvgIpc) is 3.55. The summed E-state index contributed by atoms with van der Waals surface area (Å²) in [6, 6.07) is 3.98. The molecule has 1 aromatic heterocycles. The number of nitrogens with zero attached hydrogens (tertiary/aromatic N) is 3. The highest BCUT2D eigenvalue weighted by molar-refractivity contribution is 5.80. The van der Waals surface area contributed by atoms with Crippen molar-refractivity contribution < 1.29 is 9.53 Å². The van der Waals surface area contributed by atoms with Crippen LogP contribution in [-0.4, -0.2) is 55.0 Å². The number of piperidine rings is 1. The van der Waals surface area contributed by atoms with Crippen LogP contribution < -0.4 is 15.4 Å². The van der Waals surface area contributed by atoms with Crippen molar-refractivity contribution in [3.8, 4) is 5.88 Å². The van der Waals surface area contributed by atoms with Crippen LogP contribution >= 0.6 is 0 Å². The lowest BCUT2D eigenvalue weighted by atomic mass is 9.93. The van der Waals surface area contributed by atoms with Crippen LogP contribution in [-0.2, 0) is 11.3 Å².